The van der Waals surface area contributed by atoms with E-state index >= 15 is 0 Å². The number of carboxylic acid groups (broad SMARTS) is 3. The molecule has 0 aliphatic heterocycles. The molecule has 0 aromatic heterocycles. The van der Waals surface area contributed by atoms with E-state index < -0.39 is 30.4 Å². The molecule has 0 aliphatic rings. The Balaban J connectivity index is -0.000000150. The van der Waals surface area contributed by atoms with Gasteiger partial charge in [-0.25, -0.2) is 4.79 Å². The molecule has 0 saturated heterocycles. The minimum absolute atomic E-state index is 0. The number of aliphatic carboxylic acids is 3. The van der Waals surface area contributed by atoms with Crippen LogP contribution in [0, 0.1) is 0 Å². The number of hydrogen-bond donors (Lipinski definition) is 4. The van der Waals surface area contributed by atoms with Crippen molar-refractivity contribution < 1.29 is 37.7 Å². The van der Waals surface area contributed by atoms with Crippen LogP contribution in [0.25, 0.3) is 0 Å². The van der Waals surface area contributed by atoms with Gasteiger partial charge in [-0.3, -0.25) is 9.59 Å². The van der Waals surface area contributed by atoms with Crippen LogP contribution in [0.15, 0.2) is 0 Å². The Bertz CT molecular complexity index is 399. The van der Waals surface area contributed by atoms with Crippen molar-refractivity contribution in [3.05, 3.63) is 0 Å². The van der Waals surface area contributed by atoms with Crippen LogP contribution >= 0.6 is 0 Å². The second kappa shape index (κ2) is 24.2. The Labute approximate surface area is 188 Å². The Morgan fingerprint density at radius 3 is 1.29 bits per heavy atom. The predicted octanol–water partition coefficient (Wildman–Crippen LogP) is 4.30. The molecule has 0 heterocycles. The van der Waals surface area contributed by atoms with Crippen molar-refractivity contribution in [1.29, 1.82) is 0 Å². The van der Waals surface area contributed by atoms with Crippen molar-refractivity contribution in [3.63, 3.8) is 0 Å². The van der Waals surface area contributed by atoms with E-state index in [1.807, 2.05) is 0 Å². The third-order valence-corrected chi connectivity index (χ3v) is 4.15. The van der Waals surface area contributed by atoms with Crippen LogP contribution in [0.4, 0.5) is 0 Å². The van der Waals surface area contributed by atoms with Crippen molar-refractivity contribution in [3.8, 4) is 0 Å². The molecule has 0 rings (SSSR count). The molecule has 164 valence electrons. The largest absolute Gasteiger partial charge is 2.00 e. The Morgan fingerprint density at radius 1 is 0.679 bits per heavy atom. The van der Waals surface area contributed by atoms with E-state index in [0.29, 0.717) is 6.42 Å². The number of unbranched alkanes of at least 4 members (excludes halogenated alkanes) is 12. The summed E-state index contributed by atoms with van der Waals surface area (Å²) in [6.07, 6.45) is 14.7. The Kier molecular flexibility index (Phi) is 27.5. The number of carboxylic acids is 3. The normalized spacial score (nSPS) is 10.9. The number of hydrogen-bond acceptors (Lipinski definition) is 4. The van der Waals surface area contributed by atoms with Gasteiger partial charge in [0.25, 0.3) is 0 Å². The van der Waals surface area contributed by atoms with Crippen LogP contribution in [0.5, 0.6) is 0 Å². The van der Waals surface area contributed by atoms with E-state index in [1.54, 1.807) is 0 Å². The summed E-state index contributed by atoms with van der Waals surface area (Å²) in [6, 6.07) is 0. The molecule has 0 spiro atoms. The van der Waals surface area contributed by atoms with E-state index in [4.69, 9.17) is 20.4 Å². The summed E-state index contributed by atoms with van der Waals surface area (Å²) in [7, 11) is 0. The maximum absolute atomic E-state index is 10.3. The van der Waals surface area contributed by atoms with Crippen molar-refractivity contribution >= 4 is 41.0 Å². The maximum Gasteiger partial charge on any atom is 2.00 e. The third kappa shape index (κ3) is 29.9. The molecule has 28 heavy (non-hydrogen) atoms. The monoisotopic (exact) mass is 416 g/mol. The first-order valence-electron chi connectivity index (χ1n) is 10.2. The summed E-state index contributed by atoms with van der Waals surface area (Å²) < 4.78 is 0. The van der Waals surface area contributed by atoms with Gasteiger partial charge in [0.1, 0.15) is 0 Å². The average molecular weight is 417 g/mol. The van der Waals surface area contributed by atoms with Crippen LogP contribution < -0.4 is 0 Å². The first-order chi connectivity index (χ1) is 12.8. The molecule has 0 radical (unpaired) electrons. The zero-order valence-corrected chi connectivity index (χ0v) is 18.8. The van der Waals surface area contributed by atoms with Crippen LogP contribution in [0.2, 0.25) is 0 Å². The van der Waals surface area contributed by atoms with Crippen LogP contribution in [-0.4, -0.2) is 67.5 Å². The molecule has 0 aliphatic carbocycles. The molecule has 0 bridgehead atoms. The van der Waals surface area contributed by atoms with Crippen molar-refractivity contribution in [2.24, 2.45) is 0 Å². The van der Waals surface area contributed by atoms with Gasteiger partial charge in [-0.05, 0) is 6.42 Å². The number of aliphatic hydroxyl groups is 1. The summed E-state index contributed by atoms with van der Waals surface area (Å²) in [4.78, 5) is 29.7. The van der Waals surface area contributed by atoms with Crippen LogP contribution in [-0.2, 0) is 14.4 Å². The first-order valence-corrected chi connectivity index (χ1v) is 10.2. The summed E-state index contributed by atoms with van der Waals surface area (Å²) in [5, 5.41) is 32.6. The fourth-order valence-corrected chi connectivity index (χ4v) is 2.55. The summed E-state index contributed by atoms with van der Waals surface area (Å²) in [5.74, 6) is -3.50. The molecule has 1 unspecified atom stereocenters. The van der Waals surface area contributed by atoms with Gasteiger partial charge in [0, 0.05) is 6.42 Å². The van der Waals surface area contributed by atoms with E-state index in [2.05, 4.69) is 6.92 Å². The molecule has 7 nitrogen and oxygen atoms in total. The standard InChI is InChI=1S/C16H32O2.C4H6O5.Mg.2H/c1-2-3-4-5-6-7-8-9-10-11-12-13-14-15-16(17)18;5-2(4(8)9)1-3(6)7;;;/h2-15H2,1H3,(H,17,18);2,5H,1H2,(H,6,7)(H,8,9);;;/q;;+2;2*-1. The minimum Gasteiger partial charge on any atom is -1.00 e. The number of rotatable bonds is 17. The van der Waals surface area contributed by atoms with E-state index in [0.717, 1.165) is 12.8 Å². The van der Waals surface area contributed by atoms with Crippen molar-refractivity contribution in [1.82, 2.24) is 0 Å². The van der Waals surface area contributed by atoms with E-state index in [1.165, 1.54) is 70.6 Å². The second-order valence-corrected chi connectivity index (χ2v) is 6.84. The SMILES string of the molecule is CCCCCCCCCCCCCCCC(=O)O.O=C(O)CC(O)C(=O)O.[H-].[H-].[Mg+2]. The Morgan fingerprint density at radius 2 is 1.04 bits per heavy atom. The van der Waals surface area contributed by atoms with Gasteiger partial charge in [0.05, 0.1) is 6.42 Å². The second-order valence-electron chi connectivity index (χ2n) is 6.84. The molecule has 0 aromatic carbocycles. The zero-order chi connectivity index (χ0) is 20.9. The van der Waals surface area contributed by atoms with Gasteiger partial charge in [0.2, 0.25) is 0 Å². The smallest absolute Gasteiger partial charge is 1.00 e. The molecule has 1 atom stereocenters. The van der Waals surface area contributed by atoms with Crippen molar-refractivity contribution in [2.45, 2.75) is 109 Å². The first kappa shape index (κ1) is 31.8. The van der Waals surface area contributed by atoms with Crippen molar-refractivity contribution in [2.75, 3.05) is 0 Å². The Hall–Kier alpha value is -0.864. The maximum atomic E-state index is 10.3. The molecular weight excluding hydrogens is 377 g/mol. The third-order valence-electron chi connectivity index (χ3n) is 4.15. The van der Waals surface area contributed by atoms with E-state index in [9.17, 15) is 14.4 Å². The molecule has 0 fully saturated rings. The summed E-state index contributed by atoms with van der Waals surface area (Å²) in [6.45, 7) is 2.26. The molecular formula is C20H40MgO7. The van der Waals surface area contributed by atoms with Crippen LogP contribution in [0.1, 0.15) is 106 Å². The van der Waals surface area contributed by atoms with E-state index in [-0.39, 0.29) is 25.9 Å². The van der Waals surface area contributed by atoms with Crippen LogP contribution in [0.3, 0.4) is 0 Å². The number of carbonyl (C=O) groups is 3. The summed E-state index contributed by atoms with van der Waals surface area (Å²) in [5.41, 5.74) is 0. The topological polar surface area (TPSA) is 132 Å². The molecule has 4 N–H and O–H groups in total. The molecule has 8 heteroatoms. The fraction of sp³-hybridized carbons (Fsp3) is 0.850. The van der Waals surface area contributed by atoms with Gasteiger partial charge in [-0.2, -0.15) is 0 Å². The minimum atomic E-state index is -1.79. The van der Waals surface area contributed by atoms with Gasteiger partial charge < -0.3 is 23.3 Å². The molecule has 0 saturated carbocycles. The number of aliphatic hydroxyl groups excluding tert-OH is 1. The zero-order valence-electron chi connectivity index (χ0n) is 19.4. The van der Waals surface area contributed by atoms with Gasteiger partial charge >= 0.3 is 41.0 Å². The molecule has 0 aromatic rings. The van der Waals surface area contributed by atoms with Gasteiger partial charge in [0.15, 0.2) is 6.10 Å². The van der Waals surface area contributed by atoms with Gasteiger partial charge in [-0.15, -0.1) is 0 Å². The predicted molar refractivity (Wildman–Crippen MR) is 112 cm³/mol. The van der Waals surface area contributed by atoms with Gasteiger partial charge in [-0.1, -0.05) is 84.0 Å². The summed E-state index contributed by atoms with van der Waals surface area (Å²) >= 11 is 0. The average Bonchev–Trinajstić information content (AvgIpc) is 2.58. The quantitative estimate of drug-likeness (QED) is 0.205. The molecule has 0 amide bonds. The fourth-order valence-electron chi connectivity index (χ4n) is 2.55.